The van der Waals surface area contributed by atoms with Crippen LogP contribution in [0.2, 0.25) is 0 Å². The monoisotopic (exact) mass is 304 g/mol. The molecular formula is C16H20N2O4. The Morgan fingerprint density at radius 2 is 1.91 bits per heavy atom. The fourth-order valence-corrected chi connectivity index (χ4v) is 3.41. The van der Waals surface area contributed by atoms with Gasteiger partial charge >= 0.3 is 5.97 Å². The van der Waals surface area contributed by atoms with Crippen molar-refractivity contribution in [2.45, 2.75) is 32.6 Å². The summed E-state index contributed by atoms with van der Waals surface area (Å²) in [5.41, 5.74) is -0.200. The van der Waals surface area contributed by atoms with Crippen molar-refractivity contribution >= 4 is 17.7 Å². The molecule has 6 heteroatoms. The summed E-state index contributed by atoms with van der Waals surface area (Å²) < 4.78 is 5.23. The fourth-order valence-electron chi connectivity index (χ4n) is 3.41. The highest BCUT2D eigenvalue weighted by Gasteiger charge is 2.51. The standard InChI is InChI=1S/C16H20N2O4/c1-16(2,3)10-7-11(18-22-10)17-14(19)12-8-4-5-9(6-8)13(12)15(20)21/h4-5,7-9,12-13H,6H2,1-3H3,(H,20,21)(H,17,18,19)/t8-,9-,12-,13+/m0/s1. The number of carbonyl (C=O) groups excluding carboxylic acids is 1. The maximum atomic E-state index is 12.5. The van der Waals surface area contributed by atoms with Gasteiger partial charge < -0.3 is 14.9 Å². The zero-order chi connectivity index (χ0) is 16.1. The van der Waals surface area contributed by atoms with E-state index in [1.807, 2.05) is 32.9 Å². The summed E-state index contributed by atoms with van der Waals surface area (Å²) in [6.45, 7) is 5.96. The van der Waals surface area contributed by atoms with Gasteiger partial charge in [0.1, 0.15) is 5.76 Å². The SMILES string of the molecule is CC(C)(C)c1cc(NC(=O)[C@@H]2[C@H](C(=O)O)[C@H]3C=C[C@H]2C3)no1. The number of aromatic nitrogens is 1. The van der Waals surface area contributed by atoms with E-state index in [4.69, 9.17) is 4.52 Å². The van der Waals surface area contributed by atoms with Crippen LogP contribution in [-0.2, 0) is 15.0 Å². The van der Waals surface area contributed by atoms with Gasteiger partial charge in [0.2, 0.25) is 5.91 Å². The van der Waals surface area contributed by atoms with E-state index in [0.29, 0.717) is 11.6 Å². The Labute approximate surface area is 128 Å². The van der Waals surface area contributed by atoms with Gasteiger partial charge in [-0.1, -0.05) is 38.1 Å². The molecule has 1 fully saturated rings. The fraction of sp³-hybridized carbons (Fsp3) is 0.562. The molecule has 4 atom stereocenters. The van der Waals surface area contributed by atoms with Crippen molar-refractivity contribution in [3.8, 4) is 0 Å². The van der Waals surface area contributed by atoms with Crippen LogP contribution in [0.5, 0.6) is 0 Å². The summed E-state index contributed by atoms with van der Waals surface area (Å²) in [6, 6.07) is 1.69. The number of allylic oxidation sites excluding steroid dienone is 2. The molecule has 2 N–H and O–H groups in total. The second-order valence-electron chi connectivity index (χ2n) is 7.15. The van der Waals surface area contributed by atoms with Gasteiger partial charge in [-0.15, -0.1) is 0 Å². The molecule has 0 spiro atoms. The summed E-state index contributed by atoms with van der Waals surface area (Å²) in [4.78, 5) is 23.9. The zero-order valence-electron chi connectivity index (χ0n) is 12.9. The Bertz CT molecular complexity index is 641. The third-order valence-corrected chi connectivity index (χ3v) is 4.55. The Balaban J connectivity index is 1.76. The van der Waals surface area contributed by atoms with Crippen molar-refractivity contribution < 1.29 is 19.2 Å². The van der Waals surface area contributed by atoms with Gasteiger partial charge in [-0.25, -0.2) is 0 Å². The number of hydrogen-bond donors (Lipinski definition) is 2. The highest BCUT2D eigenvalue weighted by Crippen LogP contribution is 2.48. The van der Waals surface area contributed by atoms with Crippen molar-refractivity contribution in [3.05, 3.63) is 24.0 Å². The van der Waals surface area contributed by atoms with Crippen LogP contribution >= 0.6 is 0 Å². The van der Waals surface area contributed by atoms with E-state index in [0.717, 1.165) is 6.42 Å². The van der Waals surface area contributed by atoms with E-state index in [9.17, 15) is 14.7 Å². The van der Waals surface area contributed by atoms with Gasteiger partial charge in [0.25, 0.3) is 0 Å². The first-order valence-corrected chi connectivity index (χ1v) is 7.46. The summed E-state index contributed by atoms with van der Waals surface area (Å²) >= 11 is 0. The molecule has 0 unspecified atom stereocenters. The normalized spacial score (nSPS) is 29.8. The van der Waals surface area contributed by atoms with Gasteiger partial charge in [-0.3, -0.25) is 9.59 Å². The molecule has 2 aliphatic carbocycles. The van der Waals surface area contributed by atoms with E-state index >= 15 is 0 Å². The van der Waals surface area contributed by atoms with Crippen molar-refractivity contribution in [1.82, 2.24) is 5.16 Å². The molecule has 1 aromatic rings. The number of carbonyl (C=O) groups is 2. The van der Waals surface area contributed by atoms with Gasteiger partial charge in [-0.05, 0) is 18.3 Å². The van der Waals surface area contributed by atoms with Crippen molar-refractivity contribution in [2.75, 3.05) is 5.32 Å². The predicted octanol–water partition coefficient (Wildman–Crippen LogP) is 2.43. The summed E-state index contributed by atoms with van der Waals surface area (Å²) in [5, 5.41) is 15.9. The van der Waals surface area contributed by atoms with Crippen LogP contribution in [0.4, 0.5) is 5.82 Å². The van der Waals surface area contributed by atoms with Crippen LogP contribution in [0.15, 0.2) is 22.7 Å². The van der Waals surface area contributed by atoms with E-state index in [1.54, 1.807) is 6.07 Å². The molecule has 0 aromatic carbocycles. The molecule has 6 nitrogen and oxygen atoms in total. The number of carboxylic acid groups (broad SMARTS) is 1. The van der Waals surface area contributed by atoms with Crippen LogP contribution in [0.3, 0.4) is 0 Å². The van der Waals surface area contributed by atoms with Crippen molar-refractivity contribution in [3.63, 3.8) is 0 Å². The number of nitrogens with one attached hydrogen (secondary N) is 1. The topological polar surface area (TPSA) is 92.4 Å². The molecule has 1 saturated carbocycles. The van der Waals surface area contributed by atoms with Crippen molar-refractivity contribution in [1.29, 1.82) is 0 Å². The minimum atomic E-state index is -0.910. The highest BCUT2D eigenvalue weighted by molar-refractivity contribution is 5.95. The Morgan fingerprint density at radius 1 is 1.27 bits per heavy atom. The number of amides is 1. The summed E-state index contributed by atoms with van der Waals surface area (Å²) in [5.74, 6) is -1.42. The first-order chi connectivity index (χ1) is 10.3. The number of fused-ring (bicyclic) bond motifs is 2. The number of nitrogens with zero attached hydrogens (tertiary/aromatic N) is 1. The number of hydrogen-bond acceptors (Lipinski definition) is 4. The summed E-state index contributed by atoms with van der Waals surface area (Å²) in [6.07, 6.45) is 4.61. The largest absolute Gasteiger partial charge is 0.481 e. The average Bonchev–Trinajstić information content (AvgIpc) is 3.11. The Kier molecular flexibility index (Phi) is 3.34. The van der Waals surface area contributed by atoms with Crippen LogP contribution in [-0.4, -0.2) is 22.1 Å². The van der Waals surface area contributed by atoms with Gasteiger partial charge in [-0.2, -0.15) is 0 Å². The molecule has 1 heterocycles. The quantitative estimate of drug-likeness (QED) is 0.837. The van der Waals surface area contributed by atoms with E-state index in [1.165, 1.54) is 0 Å². The van der Waals surface area contributed by atoms with E-state index in [2.05, 4.69) is 10.5 Å². The smallest absolute Gasteiger partial charge is 0.307 e. The van der Waals surface area contributed by atoms with E-state index < -0.39 is 17.8 Å². The Hall–Kier alpha value is -2.11. The minimum Gasteiger partial charge on any atom is -0.481 e. The maximum Gasteiger partial charge on any atom is 0.307 e. The molecule has 0 aliphatic heterocycles. The average molecular weight is 304 g/mol. The molecule has 3 rings (SSSR count). The lowest BCUT2D eigenvalue weighted by Gasteiger charge is -2.23. The van der Waals surface area contributed by atoms with E-state index in [-0.39, 0.29) is 23.2 Å². The second kappa shape index (κ2) is 4.97. The second-order valence-corrected chi connectivity index (χ2v) is 7.15. The van der Waals surface area contributed by atoms with Gasteiger partial charge in [0.15, 0.2) is 5.82 Å². The van der Waals surface area contributed by atoms with Crippen LogP contribution < -0.4 is 5.32 Å². The Morgan fingerprint density at radius 3 is 2.45 bits per heavy atom. The number of anilines is 1. The molecule has 0 radical (unpaired) electrons. The van der Waals surface area contributed by atoms with Crippen molar-refractivity contribution in [2.24, 2.45) is 23.7 Å². The highest BCUT2D eigenvalue weighted by atomic mass is 16.5. The lowest BCUT2D eigenvalue weighted by molar-refractivity contribution is -0.146. The van der Waals surface area contributed by atoms with Crippen LogP contribution in [0.25, 0.3) is 0 Å². The summed E-state index contributed by atoms with van der Waals surface area (Å²) in [7, 11) is 0. The third-order valence-electron chi connectivity index (χ3n) is 4.55. The van der Waals surface area contributed by atoms with Crippen LogP contribution in [0.1, 0.15) is 33.0 Å². The minimum absolute atomic E-state index is 0.0000811. The lowest BCUT2D eigenvalue weighted by atomic mass is 9.82. The molecule has 1 amide bonds. The molecule has 1 aromatic heterocycles. The number of aliphatic carboxylic acids is 1. The first kappa shape index (κ1) is 14.8. The first-order valence-electron chi connectivity index (χ1n) is 7.46. The lowest BCUT2D eigenvalue weighted by Crippen LogP contribution is -2.36. The molecule has 118 valence electrons. The molecular weight excluding hydrogens is 284 g/mol. The molecule has 2 aliphatic rings. The number of rotatable bonds is 3. The number of carboxylic acids is 1. The molecule has 2 bridgehead atoms. The predicted molar refractivity (Wildman–Crippen MR) is 79.2 cm³/mol. The van der Waals surface area contributed by atoms with Crippen LogP contribution in [0, 0.1) is 23.7 Å². The van der Waals surface area contributed by atoms with Gasteiger partial charge in [0.05, 0.1) is 11.8 Å². The van der Waals surface area contributed by atoms with Gasteiger partial charge in [0, 0.05) is 11.5 Å². The molecule has 0 saturated heterocycles. The zero-order valence-corrected chi connectivity index (χ0v) is 12.9. The third kappa shape index (κ3) is 2.42. The molecule has 22 heavy (non-hydrogen) atoms. The maximum absolute atomic E-state index is 12.5.